The van der Waals surface area contributed by atoms with Crippen LogP contribution in [0, 0.1) is 0 Å². The van der Waals surface area contributed by atoms with Crippen LogP contribution in [0.1, 0.15) is 49.4 Å². The van der Waals surface area contributed by atoms with Crippen LogP contribution in [-0.4, -0.2) is 42.2 Å². The van der Waals surface area contributed by atoms with Gasteiger partial charge in [0.25, 0.3) is 0 Å². The molecule has 2 N–H and O–H groups in total. The minimum atomic E-state index is -5.37. The summed E-state index contributed by atoms with van der Waals surface area (Å²) in [6, 6.07) is 1.78. The molecule has 0 saturated carbocycles. The molecule has 41 heavy (non-hydrogen) atoms. The molecule has 1 saturated heterocycles. The maximum Gasteiger partial charge on any atom is 0.416 e. The molecule has 5 nitrogen and oxygen atoms in total. The number of anilines is 1. The van der Waals surface area contributed by atoms with Crippen LogP contribution in [0.25, 0.3) is 0 Å². The van der Waals surface area contributed by atoms with Crippen molar-refractivity contribution in [2.24, 2.45) is 0 Å². The van der Waals surface area contributed by atoms with Crippen LogP contribution in [0.2, 0.25) is 5.02 Å². The minimum absolute atomic E-state index is 0.00168. The van der Waals surface area contributed by atoms with Gasteiger partial charge in [0.05, 0.1) is 23.8 Å². The van der Waals surface area contributed by atoms with E-state index < -0.39 is 77.9 Å². The Bertz CT molecular complexity index is 1240. The van der Waals surface area contributed by atoms with E-state index in [4.69, 9.17) is 16.3 Å². The average molecular weight is 621 g/mol. The van der Waals surface area contributed by atoms with Gasteiger partial charge < -0.3 is 20.1 Å². The van der Waals surface area contributed by atoms with E-state index in [1.807, 2.05) is 0 Å². The summed E-state index contributed by atoms with van der Waals surface area (Å²) in [5, 5.41) is 12.6. The molecule has 1 amide bonds. The summed E-state index contributed by atoms with van der Waals surface area (Å²) >= 11 is 6.28. The molecule has 0 aliphatic carbocycles. The second-order valence-electron chi connectivity index (χ2n) is 10.5. The number of carbonyl (C=O) groups excluding carboxylic acids is 1. The number of alkyl carbamates (subject to hydrolysis) is 1. The monoisotopic (exact) mass is 620 g/mol. The SMILES string of the molecule is CC(C)(C)OC(=O)NCc1ccc(N2CCC(c3cc(C(F)(F)F)cc(C(F)(F)F)c3)(C(F)(F)F)C2CO)cc1Cl. The van der Waals surface area contributed by atoms with Gasteiger partial charge in [-0.15, -0.1) is 0 Å². The summed E-state index contributed by atoms with van der Waals surface area (Å²) in [6.07, 6.45) is -17.8. The molecule has 1 aliphatic rings. The Morgan fingerprint density at radius 3 is 2.00 bits per heavy atom. The largest absolute Gasteiger partial charge is 0.444 e. The lowest BCUT2D eigenvalue weighted by molar-refractivity contribution is -0.195. The molecule has 3 rings (SSSR count). The van der Waals surface area contributed by atoms with Gasteiger partial charge in [-0.25, -0.2) is 4.79 Å². The number of rotatable bonds is 5. The summed E-state index contributed by atoms with van der Waals surface area (Å²) in [7, 11) is 0. The molecule has 1 heterocycles. The van der Waals surface area contributed by atoms with Gasteiger partial charge >= 0.3 is 24.6 Å². The molecule has 2 unspecified atom stereocenters. The highest BCUT2D eigenvalue weighted by molar-refractivity contribution is 6.31. The summed E-state index contributed by atoms with van der Waals surface area (Å²) in [4.78, 5) is 13.0. The second kappa shape index (κ2) is 11.1. The third kappa shape index (κ3) is 6.96. The lowest BCUT2D eigenvalue weighted by Crippen LogP contribution is -2.54. The Balaban J connectivity index is 2.04. The highest BCUT2D eigenvalue weighted by Gasteiger charge is 2.65. The van der Waals surface area contributed by atoms with E-state index in [1.165, 1.54) is 18.2 Å². The third-order valence-electron chi connectivity index (χ3n) is 6.66. The number of carbonyl (C=O) groups is 1. The number of aliphatic hydroxyl groups is 1. The number of halogens is 10. The molecule has 0 radical (unpaired) electrons. The van der Waals surface area contributed by atoms with Gasteiger partial charge in [0.1, 0.15) is 11.0 Å². The van der Waals surface area contributed by atoms with Gasteiger partial charge in [0.15, 0.2) is 0 Å². The normalized spacial score (nSPS) is 20.3. The maximum atomic E-state index is 14.7. The van der Waals surface area contributed by atoms with E-state index in [-0.39, 0.29) is 35.5 Å². The van der Waals surface area contributed by atoms with Crippen molar-refractivity contribution in [2.45, 2.75) is 69.3 Å². The topological polar surface area (TPSA) is 61.8 Å². The number of nitrogens with zero attached hydrogens (tertiary/aromatic N) is 1. The Kier molecular flexibility index (Phi) is 8.82. The molecule has 0 bridgehead atoms. The van der Waals surface area contributed by atoms with Gasteiger partial charge in [0, 0.05) is 23.8 Å². The Labute approximate surface area is 234 Å². The van der Waals surface area contributed by atoms with Crippen LogP contribution >= 0.6 is 11.6 Å². The molecule has 2 aromatic carbocycles. The number of benzene rings is 2. The van der Waals surface area contributed by atoms with E-state index in [1.54, 1.807) is 20.8 Å². The summed E-state index contributed by atoms with van der Waals surface area (Å²) in [5.41, 5.74) is -8.75. The molecule has 2 aromatic rings. The molecular weight excluding hydrogens is 595 g/mol. The third-order valence-corrected chi connectivity index (χ3v) is 7.02. The van der Waals surface area contributed by atoms with Gasteiger partial charge in [-0.1, -0.05) is 17.7 Å². The van der Waals surface area contributed by atoms with Crippen LogP contribution in [0.3, 0.4) is 0 Å². The summed E-state index contributed by atoms with van der Waals surface area (Å²) in [6.45, 7) is 3.09. The van der Waals surface area contributed by atoms with Gasteiger partial charge in [-0.3, -0.25) is 0 Å². The molecule has 15 heteroatoms. The molecule has 228 valence electrons. The lowest BCUT2D eigenvalue weighted by atomic mass is 9.72. The van der Waals surface area contributed by atoms with E-state index in [9.17, 15) is 49.4 Å². The zero-order valence-electron chi connectivity index (χ0n) is 21.9. The number of ether oxygens (including phenoxy) is 1. The standard InChI is InChI=1S/C26H26ClF9N2O3/c1-22(2,3)41-21(40)37-12-14-4-5-18(11-19(14)27)38-7-6-23(20(38)13-39,26(34,35)36)15-8-16(24(28,29)30)10-17(9-15)25(31,32)33/h4-5,8-11,20,39H,6-7,12-13H2,1-3H3,(H,37,40). The van der Waals surface area contributed by atoms with Crippen molar-refractivity contribution in [3.8, 4) is 0 Å². The van der Waals surface area contributed by atoms with Crippen molar-refractivity contribution in [2.75, 3.05) is 18.1 Å². The van der Waals surface area contributed by atoms with E-state index >= 15 is 0 Å². The van der Waals surface area contributed by atoms with Gasteiger partial charge in [-0.2, -0.15) is 39.5 Å². The van der Waals surface area contributed by atoms with Crippen molar-refractivity contribution in [1.82, 2.24) is 5.32 Å². The molecule has 1 fully saturated rings. The lowest BCUT2D eigenvalue weighted by Gasteiger charge is -2.40. The predicted octanol–water partition coefficient (Wildman–Crippen LogP) is 7.47. The van der Waals surface area contributed by atoms with Crippen molar-refractivity contribution in [3.63, 3.8) is 0 Å². The first kappa shape index (κ1) is 32.6. The number of aliphatic hydroxyl groups excluding tert-OH is 1. The maximum absolute atomic E-state index is 14.7. The zero-order chi connectivity index (χ0) is 31.2. The van der Waals surface area contributed by atoms with Crippen molar-refractivity contribution >= 4 is 23.4 Å². The van der Waals surface area contributed by atoms with Crippen LogP contribution in [-0.2, 0) is 29.0 Å². The molecule has 0 spiro atoms. The van der Waals surface area contributed by atoms with Crippen molar-refractivity contribution in [1.29, 1.82) is 0 Å². The first-order chi connectivity index (χ1) is 18.6. The number of alkyl halides is 9. The quantitative estimate of drug-likeness (QED) is 0.341. The van der Waals surface area contributed by atoms with Gasteiger partial charge in [0.2, 0.25) is 0 Å². The predicted molar refractivity (Wildman–Crippen MR) is 132 cm³/mol. The Morgan fingerprint density at radius 1 is 1.00 bits per heavy atom. The number of amides is 1. The molecular formula is C26H26ClF9N2O3. The van der Waals surface area contributed by atoms with Crippen LogP contribution in [0.4, 0.5) is 50.0 Å². The zero-order valence-corrected chi connectivity index (χ0v) is 22.6. The fraction of sp³-hybridized carbons (Fsp3) is 0.500. The highest BCUT2D eigenvalue weighted by atomic mass is 35.5. The number of hydrogen-bond donors (Lipinski definition) is 2. The number of nitrogens with one attached hydrogen (secondary N) is 1. The second-order valence-corrected chi connectivity index (χ2v) is 10.9. The molecule has 1 aliphatic heterocycles. The van der Waals surface area contributed by atoms with Crippen LogP contribution in [0.15, 0.2) is 36.4 Å². The van der Waals surface area contributed by atoms with Gasteiger partial charge in [-0.05, 0) is 68.7 Å². The summed E-state index contributed by atoms with van der Waals surface area (Å²) in [5.74, 6) is 0. The fourth-order valence-corrected chi connectivity index (χ4v) is 5.07. The molecule has 2 atom stereocenters. The number of hydrogen-bond acceptors (Lipinski definition) is 4. The van der Waals surface area contributed by atoms with E-state index in [0.717, 1.165) is 4.90 Å². The van der Waals surface area contributed by atoms with Crippen molar-refractivity contribution in [3.05, 3.63) is 63.7 Å². The fourth-order valence-electron chi connectivity index (χ4n) is 4.83. The van der Waals surface area contributed by atoms with Crippen LogP contribution < -0.4 is 10.2 Å². The average Bonchev–Trinajstić information content (AvgIpc) is 3.21. The smallest absolute Gasteiger partial charge is 0.416 e. The van der Waals surface area contributed by atoms with Crippen molar-refractivity contribution < 1.29 is 54.2 Å². The van der Waals surface area contributed by atoms with E-state index in [2.05, 4.69) is 5.32 Å². The molecule has 0 aromatic heterocycles. The minimum Gasteiger partial charge on any atom is -0.444 e. The van der Waals surface area contributed by atoms with Crippen LogP contribution in [0.5, 0.6) is 0 Å². The first-order valence-electron chi connectivity index (χ1n) is 12.1. The van der Waals surface area contributed by atoms with E-state index in [0.29, 0.717) is 5.56 Å². The first-order valence-corrected chi connectivity index (χ1v) is 12.5. The highest BCUT2D eigenvalue weighted by Crippen LogP contribution is 2.54. The summed E-state index contributed by atoms with van der Waals surface area (Å²) < 4.78 is 130. The Morgan fingerprint density at radius 2 is 1.56 bits per heavy atom. The Hall–Kier alpha value is -2.87.